The highest BCUT2D eigenvalue weighted by Gasteiger charge is 2.29. The zero-order chi connectivity index (χ0) is 20.7. The van der Waals surface area contributed by atoms with Crippen molar-refractivity contribution < 1.29 is 13.2 Å². The van der Waals surface area contributed by atoms with Crippen LogP contribution in [0.15, 0.2) is 64.6 Å². The van der Waals surface area contributed by atoms with Crippen molar-refractivity contribution >= 4 is 39.3 Å². The molecule has 0 amide bonds. The molecule has 0 radical (unpaired) electrons. The molecule has 8 heteroatoms. The van der Waals surface area contributed by atoms with E-state index in [4.69, 9.17) is 5.73 Å². The predicted molar refractivity (Wildman–Crippen MR) is 116 cm³/mol. The second kappa shape index (κ2) is 9.75. The van der Waals surface area contributed by atoms with Crippen molar-refractivity contribution in [2.75, 3.05) is 19.0 Å². The average Bonchev–Trinajstić information content (AvgIpc) is 2.68. The van der Waals surface area contributed by atoms with Crippen molar-refractivity contribution in [1.82, 2.24) is 5.01 Å². The van der Waals surface area contributed by atoms with Crippen LogP contribution in [0.5, 0.6) is 0 Å². The molecule has 0 spiro atoms. The Balaban J connectivity index is 0.000000336. The molecule has 2 unspecified atom stereocenters. The number of para-hydroxylation sites is 1. The third kappa shape index (κ3) is 5.84. The van der Waals surface area contributed by atoms with Crippen molar-refractivity contribution in [2.24, 2.45) is 5.10 Å². The second-order valence-electron chi connectivity index (χ2n) is 6.33. The van der Waals surface area contributed by atoms with Gasteiger partial charge in [0.1, 0.15) is 5.37 Å². The van der Waals surface area contributed by atoms with Gasteiger partial charge in [0.15, 0.2) is 16.1 Å². The highest BCUT2D eigenvalue weighted by molar-refractivity contribution is 8.01. The van der Waals surface area contributed by atoms with E-state index in [1.54, 1.807) is 48.1 Å². The summed E-state index contributed by atoms with van der Waals surface area (Å²) in [5.74, 6) is 0. The van der Waals surface area contributed by atoms with Crippen molar-refractivity contribution in [2.45, 2.75) is 28.9 Å². The quantitative estimate of drug-likeness (QED) is 0.605. The molecule has 3 rings (SSSR count). The van der Waals surface area contributed by atoms with Gasteiger partial charge in [-0.15, -0.1) is 11.8 Å². The molecule has 0 fully saturated rings. The number of hydrogen-bond donors (Lipinski definition) is 1. The minimum atomic E-state index is -3.19. The predicted octanol–water partition coefficient (Wildman–Crippen LogP) is 3.05. The van der Waals surface area contributed by atoms with E-state index in [0.717, 1.165) is 29.7 Å². The average molecular weight is 420 g/mol. The van der Waals surface area contributed by atoms with Crippen LogP contribution in [0.4, 0.5) is 5.69 Å². The van der Waals surface area contributed by atoms with E-state index < -0.39 is 9.84 Å². The van der Waals surface area contributed by atoms with Crippen molar-refractivity contribution in [1.29, 1.82) is 0 Å². The summed E-state index contributed by atoms with van der Waals surface area (Å²) in [4.78, 5) is 11.3. The molecule has 0 aliphatic carbocycles. The minimum Gasteiger partial charge on any atom is -0.399 e. The van der Waals surface area contributed by atoms with Gasteiger partial charge < -0.3 is 10.5 Å². The first-order chi connectivity index (χ1) is 13.3. The van der Waals surface area contributed by atoms with Gasteiger partial charge in [0, 0.05) is 19.0 Å². The molecule has 2 aromatic rings. The van der Waals surface area contributed by atoms with Crippen LogP contribution in [0, 0.1) is 0 Å². The van der Waals surface area contributed by atoms with Gasteiger partial charge in [-0.25, -0.2) is 8.42 Å². The smallest absolute Gasteiger partial charge is 0.175 e. The summed E-state index contributed by atoms with van der Waals surface area (Å²) in [5, 5.41) is 6.00. The van der Waals surface area contributed by atoms with Crippen LogP contribution >= 0.6 is 11.8 Å². The lowest BCUT2D eigenvalue weighted by Crippen LogP contribution is -2.37. The highest BCUT2D eigenvalue weighted by atomic mass is 32.2. The second-order valence-corrected chi connectivity index (χ2v) is 9.67. The number of anilines is 1. The number of carbonyl (C=O) groups excluding carboxylic acids is 1. The molecule has 1 aliphatic heterocycles. The van der Waals surface area contributed by atoms with E-state index >= 15 is 0 Å². The van der Waals surface area contributed by atoms with Gasteiger partial charge in [-0.2, -0.15) is 5.10 Å². The molecule has 0 saturated carbocycles. The fourth-order valence-corrected chi connectivity index (χ4v) is 4.35. The third-order valence-corrected chi connectivity index (χ3v) is 6.82. The number of nitrogen functional groups attached to an aromatic ring is 1. The van der Waals surface area contributed by atoms with Gasteiger partial charge in [0.25, 0.3) is 0 Å². The maximum atomic E-state index is 11.5. The first-order valence-electron chi connectivity index (χ1n) is 8.79. The third-order valence-electron chi connectivity index (χ3n) is 4.11. The topological polar surface area (TPSA) is 92.8 Å². The summed E-state index contributed by atoms with van der Waals surface area (Å²) in [7, 11) is -1.43. The van der Waals surface area contributed by atoms with Gasteiger partial charge >= 0.3 is 0 Å². The van der Waals surface area contributed by atoms with Gasteiger partial charge in [-0.3, -0.25) is 5.01 Å². The monoisotopic (exact) mass is 419 g/mol. The summed E-state index contributed by atoms with van der Waals surface area (Å²) in [5.41, 5.74) is 7.94. The maximum absolute atomic E-state index is 11.5. The van der Waals surface area contributed by atoms with Crippen molar-refractivity contribution in [3.63, 3.8) is 0 Å². The first-order valence-corrected chi connectivity index (χ1v) is 11.6. The lowest BCUT2D eigenvalue weighted by atomic mass is 10.1. The van der Waals surface area contributed by atoms with Crippen LogP contribution in [0.1, 0.15) is 18.9 Å². The number of hydrogen-bond acceptors (Lipinski definition) is 7. The maximum Gasteiger partial charge on any atom is 0.175 e. The molecule has 0 aromatic heterocycles. The summed E-state index contributed by atoms with van der Waals surface area (Å²) in [6.45, 7) is 2.05. The number of benzene rings is 2. The Morgan fingerprint density at radius 3 is 2.18 bits per heavy atom. The largest absolute Gasteiger partial charge is 0.399 e. The van der Waals surface area contributed by atoms with Crippen LogP contribution in [-0.4, -0.2) is 49.4 Å². The van der Waals surface area contributed by atoms with Crippen LogP contribution in [0.25, 0.3) is 0 Å². The number of hydrazone groups is 1. The lowest BCUT2D eigenvalue weighted by molar-refractivity contribution is -0.109. The minimum absolute atomic E-state index is 0.125. The van der Waals surface area contributed by atoms with E-state index in [9.17, 15) is 13.2 Å². The van der Waals surface area contributed by atoms with E-state index in [0.29, 0.717) is 4.90 Å². The molecule has 150 valence electrons. The zero-order valence-corrected chi connectivity index (χ0v) is 17.8. The van der Waals surface area contributed by atoms with Crippen molar-refractivity contribution in [3.8, 4) is 0 Å². The molecule has 6 nitrogen and oxygen atoms in total. The van der Waals surface area contributed by atoms with Crippen LogP contribution in [0.3, 0.4) is 0 Å². The number of aldehydes is 1. The molecule has 2 aromatic carbocycles. The van der Waals surface area contributed by atoms with E-state index in [1.807, 2.05) is 37.3 Å². The van der Waals surface area contributed by atoms with Gasteiger partial charge in [-0.05, 0) is 36.2 Å². The Labute approximate surface area is 170 Å². The number of sulfone groups is 1. The van der Waals surface area contributed by atoms with Crippen LogP contribution < -0.4 is 5.73 Å². The van der Waals surface area contributed by atoms with E-state index in [1.165, 1.54) is 6.26 Å². The number of nitrogens with zero attached hydrogens (tertiary/aromatic N) is 2. The molecule has 2 atom stereocenters. The highest BCUT2D eigenvalue weighted by Crippen LogP contribution is 2.30. The van der Waals surface area contributed by atoms with E-state index in [2.05, 4.69) is 5.10 Å². The number of thioether (sulfide) groups is 1. The summed E-state index contributed by atoms with van der Waals surface area (Å²) < 4.78 is 23.0. The first kappa shape index (κ1) is 22.0. The fourth-order valence-electron chi connectivity index (χ4n) is 2.59. The Kier molecular flexibility index (Phi) is 7.65. The van der Waals surface area contributed by atoms with Gasteiger partial charge in [0.2, 0.25) is 0 Å². The Morgan fingerprint density at radius 2 is 1.75 bits per heavy atom. The summed E-state index contributed by atoms with van der Waals surface area (Å²) in [6.07, 6.45) is 2.93. The SMILES string of the molecule is CCC1SC(C=O)N(C)N=C1c1ccc(S(C)(=O)=O)cc1.Nc1ccccc1. The Hall–Kier alpha value is -2.32. The standard InChI is InChI=1S/C14H18N2O3S2.C6H7N/c1-4-12-14(15-16(2)13(9-17)20-12)10-5-7-11(8-6-10)21(3,18)19;7-6-4-2-1-3-5-6/h5-9,12-13H,4H2,1-3H3;1-5H,7H2. The molecule has 28 heavy (non-hydrogen) atoms. The van der Waals surface area contributed by atoms with Crippen LogP contribution in [-0.2, 0) is 14.6 Å². The molecule has 0 bridgehead atoms. The van der Waals surface area contributed by atoms with Gasteiger partial charge in [0.05, 0.1) is 15.9 Å². The Bertz CT molecular complexity index is 913. The molecular formula is C20H25N3O3S2. The molecular weight excluding hydrogens is 394 g/mol. The normalized spacial score (nSPS) is 19.2. The fraction of sp³-hybridized carbons (Fsp3) is 0.300. The molecule has 2 N–H and O–H groups in total. The molecule has 0 saturated heterocycles. The summed E-state index contributed by atoms with van der Waals surface area (Å²) in [6, 6.07) is 16.2. The number of carbonyl (C=O) groups is 1. The number of nitrogens with two attached hydrogens (primary N) is 1. The zero-order valence-electron chi connectivity index (χ0n) is 16.1. The van der Waals surface area contributed by atoms with Gasteiger partial charge in [-0.1, -0.05) is 37.3 Å². The van der Waals surface area contributed by atoms with Crippen LogP contribution in [0.2, 0.25) is 0 Å². The Morgan fingerprint density at radius 1 is 1.14 bits per heavy atom. The molecule has 1 heterocycles. The van der Waals surface area contributed by atoms with E-state index in [-0.39, 0.29) is 10.6 Å². The van der Waals surface area contributed by atoms with Crippen molar-refractivity contribution in [3.05, 3.63) is 60.2 Å². The number of rotatable bonds is 4. The number of likely N-dealkylation sites (N-methyl/N-ethyl adjacent to an activating group) is 1. The molecule has 1 aliphatic rings. The lowest BCUT2D eigenvalue weighted by Gasteiger charge is -2.32. The summed E-state index contributed by atoms with van der Waals surface area (Å²) >= 11 is 1.56.